The van der Waals surface area contributed by atoms with E-state index in [1.165, 1.54) is 21.9 Å². The van der Waals surface area contributed by atoms with Crippen LogP contribution in [0.25, 0.3) is 21.7 Å². The average Bonchev–Trinajstić information content (AvgIpc) is 2.67. The summed E-state index contributed by atoms with van der Waals surface area (Å²) in [4.78, 5) is 13.5. The Bertz CT molecular complexity index is 1080. The second kappa shape index (κ2) is 7.43. The summed E-state index contributed by atoms with van der Waals surface area (Å²) in [6, 6.07) is 12.9. The maximum atomic E-state index is 4.68. The Labute approximate surface area is 160 Å². The van der Waals surface area contributed by atoms with E-state index in [0.717, 1.165) is 29.4 Å². The standard InChI is InChI=1S/C24H25N3/c1-16(2)11-19-13-18(14-20-15-25-9-6-21(19)20)12-17(3)24-22-5-4-8-26-23(22)7-10-27-24/h4-10,13-17H,11-12H2,1-3H3. The zero-order valence-electron chi connectivity index (χ0n) is 16.2. The first kappa shape index (κ1) is 17.6. The third-order valence-corrected chi connectivity index (χ3v) is 5.10. The molecule has 0 amide bonds. The van der Waals surface area contributed by atoms with Crippen LogP contribution in [0.3, 0.4) is 0 Å². The van der Waals surface area contributed by atoms with Crippen molar-refractivity contribution >= 4 is 21.7 Å². The molecule has 3 heteroatoms. The summed E-state index contributed by atoms with van der Waals surface area (Å²) in [5.74, 6) is 0.943. The Kier molecular flexibility index (Phi) is 4.85. The van der Waals surface area contributed by atoms with Gasteiger partial charge in [-0.3, -0.25) is 15.0 Å². The molecule has 3 nitrogen and oxygen atoms in total. The van der Waals surface area contributed by atoms with Crippen LogP contribution in [0.15, 0.2) is 61.2 Å². The first-order chi connectivity index (χ1) is 13.1. The summed E-state index contributed by atoms with van der Waals surface area (Å²) in [5.41, 5.74) is 4.90. The summed E-state index contributed by atoms with van der Waals surface area (Å²) in [7, 11) is 0. The molecular weight excluding hydrogens is 330 g/mol. The predicted octanol–water partition coefficient (Wildman–Crippen LogP) is 5.72. The van der Waals surface area contributed by atoms with Gasteiger partial charge in [-0.05, 0) is 65.6 Å². The minimum Gasteiger partial charge on any atom is -0.264 e. The molecule has 4 aromatic rings. The van der Waals surface area contributed by atoms with Gasteiger partial charge in [0.2, 0.25) is 0 Å². The lowest BCUT2D eigenvalue weighted by Crippen LogP contribution is -2.04. The van der Waals surface area contributed by atoms with Crippen molar-refractivity contribution in [2.24, 2.45) is 5.92 Å². The smallest absolute Gasteiger partial charge is 0.0735 e. The molecule has 1 atom stereocenters. The lowest BCUT2D eigenvalue weighted by Gasteiger charge is -2.16. The molecule has 0 fully saturated rings. The van der Waals surface area contributed by atoms with E-state index in [9.17, 15) is 0 Å². The van der Waals surface area contributed by atoms with E-state index < -0.39 is 0 Å². The van der Waals surface area contributed by atoms with Crippen molar-refractivity contribution < 1.29 is 0 Å². The largest absolute Gasteiger partial charge is 0.264 e. The topological polar surface area (TPSA) is 38.7 Å². The molecule has 0 saturated carbocycles. The van der Waals surface area contributed by atoms with Crippen LogP contribution in [0, 0.1) is 5.92 Å². The number of nitrogens with zero attached hydrogens (tertiary/aromatic N) is 3. The van der Waals surface area contributed by atoms with Gasteiger partial charge in [-0.15, -0.1) is 0 Å². The fourth-order valence-corrected chi connectivity index (χ4v) is 3.95. The van der Waals surface area contributed by atoms with Gasteiger partial charge in [0, 0.05) is 41.5 Å². The minimum atomic E-state index is 0.318. The van der Waals surface area contributed by atoms with Gasteiger partial charge >= 0.3 is 0 Å². The molecule has 0 aliphatic heterocycles. The maximum absolute atomic E-state index is 4.68. The molecule has 0 N–H and O–H groups in total. The van der Waals surface area contributed by atoms with Gasteiger partial charge in [-0.25, -0.2) is 0 Å². The first-order valence-corrected chi connectivity index (χ1v) is 9.67. The van der Waals surface area contributed by atoms with Crippen LogP contribution in [0.4, 0.5) is 0 Å². The number of hydrogen-bond donors (Lipinski definition) is 0. The summed E-state index contributed by atoms with van der Waals surface area (Å²) >= 11 is 0. The van der Waals surface area contributed by atoms with Crippen molar-refractivity contribution in [3.63, 3.8) is 0 Å². The highest BCUT2D eigenvalue weighted by Crippen LogP contribution is 2.28. The van der Waals surface area contributed by atoms with Crippen LogP contribution in [-0.4, -0.2) is 15.0 Å². The Morgan fingerprint density at radius 1 is 0.852 bits per heavy atom. The first-order valence-electron chi connectivity index (χ1n) is 9.67. The number of rotatable bonds is 5. The monoisotopic (exact) mass is 355 g/mol. The zero-order valence-corrected chi connectivity index (χ0v) is 16.2. The summed E-state index contributed by atoms with van der Waals surface area (Å²) < 4.78 is 0. The molecule has 1 unspecified atom stereocenters. The fraction of sp³-hybridized carbons (Fsp3) is 0.292. The predicted molar refractivity (Wildman–Crippen MR) is 112 cm³/mol. The molecule has 0 radical (unpaired) electrons. The molecule has 3 aromatic heterocycles. The van der Waals surface area contributed by atoms with Crippen molar-refractivity contribution in [3.8, 4) is 0 Å². The second-order valence-corrected chi connectivity index (χ2v) is 7.82. The molecule has 0 aliphatic rings. The number of aromatic nitrogens is 3. The van der Waals surface area contributed by atoms with Gasteiger partial charge in [0.15, 0.2) is 0 Å². The Balaban J connectivity index is 1.72. The van der Waals surface area contributed by atoms with Crippen molar-refractivity contribution in [1.82, 2.24) is 15.0 Å². The van der Waals surface area contributed by atoms with E-state index in [0.29, 0.717) is 11.8 Å². The van der Waals surface area contributed by atoms with E-state index in [1.54, 1.807) is 0 Å². The SMILES string of the molecule is CC(C)Cc1cc(CC(C)c2nccc3ncccc23)cc2cnccc12. The maximum Gasteiger partial charge on any atom is 0.0735 e. The highest BCUT2D eigenvalue weighted by molar-refractivity contribution is 5.86. The van der Waals surface area contributed by atoms with Crippen LogP contribution in [0.1, 0.15) is 43.5 Å². The summed E-state index contributed by atoms with van der Waals surface area (Å²) in [6.07, 6.45) is 9.62. The molecule has 136 valence electrons. The quantitative estimate of drug-likeness (QED) is 0.459. The molecule has 4 rings (SSSR count). The second-order valence-electron chi connectivity index (χ2n) is 7.82. The van der Waals surface area contributed by atoms with Crippen molar-refractivity contribution in [1.29, 1.82) is 0 Å². The van der Waals surface area contributed by atoms with Gasteiger partial charge in [-0.1, -0.05) is 26.8 Å². The molecule has 0 saturated heterocycles. The van der Waals surface area contributed by atoms with Crippen LogP contribution in [0.5, 0.6) is 0 Å². The Hall–Kier alpha value is -2.81. The van der Waals surface area contributed by atoms with Crippen LogP contribution in [0.2, 0.25) is 0 Å². The lowest BCUT2D eigenvalue weighted by atomic mass is 9.90. The minimum absolute atomic E-state index is 0.318. The third kappa shape index (κ3) is 3.68. The van der Waals surface area contributed by atoms with Gasteiger partial charge < -0.3 is 0 Å². The summed E-state index contributed by atoms with van der Waals surface area (Å²) in [5, 5.41) is 3.70. The van der Waals surface area contributed by atoms with Crippen LogP contribution in [-0.2, 0) is 12.8 Å². The Morgan fingerprint density at radius 3 is 2.59 bits per heavy atom. The van der Waals surface area contributed by atoms with Crippen molar-refractivity contribution in [2.75, 3.05) is 0 Å². The molecule has 3 heterocycles. The number of benzene rings is 1. The molecular formula is C24H25N3. The van der Waals surface area contributed by atoms with Crippen LogP contribution >= 0.6 is 0 Å². The lowest BCUT2D eigenvalue weighted by molar-refractivity contribution is 0.649. The van der Waals surface area contributed by atoms with Gasteiger partial charge in [0.25, 0.3) is 0 Å². The molecule has 0 spiro atoms. The highest BCUT2D eigenvalue weighted by atomic mass is 14.7. The Morgan fingerprint density at radius 2 is 1.74 bits per heavy atom. The van der Waals surface area contributed by atoms with E-state index in [2.05, 4.69) is 60.0 Å². The highest BCUT2D eigenvalue weighted by Gasteiger charge is 2.14. The molecule has 0 bridgehead atoms. The van der Waals surface area contributed by atoms with Crippen LogP contribution < -0.4 is 0 Å². The van der Waals surface area contributed by atoms with Gasteiger partial charge in [0.05, 0.1) is 11.2 Å². The van der Waals surface area contributed by atoms with Gasteiger partial charge in [-0.2, -0.15) is 0 Å². The molecule has 27 heavy (non-hydrogen) atoms. The number of pyridine rings is 3. The van der Waals surface area contributed by atoms with E-state index >= 15 is 0 Å². The fourth-order valence-electron chi connectivity index (χ4n) is 3.95. The number of hydrogen-bond acceptors (Lipinski definition) is 3. The third-order valence-electron chi connectivity index (χ3n) is 5.10. The zero-order chi connectivity index (χ0) is 18.8. The summed E-state index contributed by atoms with van der Waals surface area (Å²) in [6.45, 7) is 6.80. The number of fused-ring (bicyclic) bond motifs is 2. The van der Waals surface area contributed by atoms with Crippen molar-refractivity contribution in [3.05, 3.63) is 78.0 Å². The van der Waals surface area contributed by atoms with Gasteiger partial charge in [0.1, 0.15) is 0 Å². The van der Waals surface area contributed by atoms with E-state index in [-0.39, 0.29) is 0 Å². The van der Waals surface area contributed by atoms with Crippen molar-refractivity contribution in [2.45, 2.75) is 39.5 Å². The molecule has 1 aromatic carbocycles. The normalized spacial score (nSPS) is 12.7. The molecule has 0 aliphatic carbocycles. The van der Waals surface area contributed by atoms with E-state index in [1.807, 2.05) is 36.9 Å². The average molecular weight is 355 g/mol. The van der Waals surface area contributed by atoms with E-state index in [4.69, 9.17) is 0 Å².